The molecule has 0 saturated heterocycles. The van der Waals surface area contributed by atoms with E-state index in [1.807, 2.05) is 24.3 Å². The maximum atomic E-state index is 13.6. The fourth-order valence-electron chi connectivity index (χ4n) is 4.15. The molecule has 2 heterocycles. The molecule has 0 aliphatic heterocycles. The first kappa shape index (κ1) is 23.4. The third-order valence-electron chi connectivity index (χ3n) is 5.97. The average molecular weight is 503 g/mol. The molecule has 5 rings (SSSR count). The van der Waals surface area contributed by atoms with Crippen LogP contribution < -0.4 is 5.56 Å². The molecule has 0 saturated carbocycles. The monoisotopic (exact) mass is 502 g/mol. The minimum absolute atomic E-state index is 0.184. The fourth-order valence-corrected chi connectivity index (χ4v) is 4.45. The first-order valence-corrected chi connectivity index (χ1v) is 12.1. The highest BCUT2D eigenvalue weighted by Crippen LogP contribution is 2.27. The number of halogens is 2. The molecule has 0 aliphatic rings. The number of aromatic nitrogens is 3. The topological polar surface area (TPSA) is 43.1 Å². The molecule has 35 heavy (non-hydrogen) atoms. The Hall–Kier alpha value is -3.38. The molecule has 5 aromatic rings. The summed E-state index contributed by atoms with van der Waals surface area (Å²) in [7, 11) is 4.14. The maximum Gasteiger partial charge on any atom is 0.266 e. The second-order valence-corrected chi connectivity index (χ2v) is 9.55. The van der Waals surface area contributed by atoms with Gasteiger partial charge in [0.15, 0.2) is 0 Å². The van der Waals surface area contributed by atoms with Crippen LogP contribution in [0.2, 0.25) is 10.0 Å². The Balaban J connectivity index is 1.63. The van der Waals surface area contributed by atoms with Gasteiger partial charge >= 0.3 is 0 Å². The third kappa shape index (κ3) is 4.76. The van der Waals surface area contributed by atoms with Gasteiger partial charge in [0.2, 0.25) is 0 Å². The van der Waals surface area contributed by atoms with Gasteiger partial charge in [-0.2, -0.15) is 0 Å². The van der Waals surface area contributed by atoms with Gasteiger partial charge in [0.1, 0.15) is 5.82 Å². The molecule has 0 atom stereocenters. The highest BCUT2D eigenvalue weighted by Gasteiger charge is 2.16. The molecule has 7 heteroatoms. The molecule has 0 spiro atoms. The normalized spacial score (nSPS) is 11.5. The van der Waals surface area contributed by atoms with Gasteiger partial charge in [0, 0.05) is 40.6 Å². The van der Waals surface area contributed by atoms with E-state index in [9.17, 15) is 4.79 Å². The standard InChI is InChI=1S/C28H24Cl2N4O/c1-32(2)16-17-33-15-3-4-26(33)19-5-7-20(8-6-19)27-31-25-14-11-22(30)18-24(25)28(35)34(27)23-12-9-21(29)10-13-23/h3-15,18H,16-17H2,1-2H3. The number of hydrogen-bond acceptors (Lipinski definition) is 3. The highest BCUT2D eigenvalue weighted by molar-refractivity contribution is 6.31. The van der Waals surface area contributed by atoms with Crippen molar-refractivity contribution in [2.24, 2.45) is 0 Å². The van der Waals surface area contributed by atoms with E-state index in [4.69, 9.17) is 28.2 Å². The van der Waals surface area contributed by atoms with Crippen molar-refractivity contribution in [1.82, 2.24) is 19.0 Å². The van der Waals surface area contributed by atoms with Gasteiger partial charge in [-0.05, 0) is 74.3 Å². The quantitative estimate of drug-likeness (QED) is 0.270. The molecular formula is C28H24Cl2N4O. The van der Waals surface area contributed by atoms with Crippen LogP contribution in [0, 0.1) is 0 Å². The second kappa shape index (κ2) is 9.70. The molecule has 0 N–H and O–H groups in total. The summed E-state index contributed by atoms with van der Waals surface area (Å²) < 4.78 is 3.86. The third-order valence-corrected chi connectivity index (χ3v) is 6.46. The predicted molar refractivity (Wildman–Crippen MR) is 145 cm³/mol. The van der Waals surface area contributed by atoms with Crippen LogP contribution in [0.25, 0.3) is 39.2 Å². The average Bonchev–Trinajstić information content (AvgIpc) is 3.33. The van der Waals surface area contributed by atoms with E-state index in [2.05, 4.69) is 54.0 Å². The Morgan fingerprint density at radius 1 is 0.857 bits per heavy atom. The zero-order valence-electron chi connectivity index (χ0n) is 19.5. The van der Waals surface area contributed by atoms with Gasteiger partial charge in [-0.25, -0.2) is 4.98 Å². The molecule has 5 nitrogen and oxygen atoms in total. The van der Waals surface area contributed by atoms with Crippen LogP contribution in [-0.2, 0) is 6.54 Å². The van der Waals surface area contributed by atoms with Crippen LogP contribution in [0.15, 0.2) is 89.9 Å². The van der Waals surface area contributed by atoms with Gasteiger partial charge in [-0.1, -0.05) is 47.5 Å². The van der Waals surface area contributed by atoms with Crippen molar-refractivity contribution in [3.05, 3.63) is 105 Å². The summed E-state index contributed by atoms with van der Waals surface area (Å²) >= 11 is 12.3. The van der Waals surface area contributed by atoms with Crippen LogP contribution in [0.5, 0.6) is 0 Å². The summed E-state index contributed by atoms with van der Waals surface area (Å²) in [6.07, 6.45) is 2.10. The van der Waals surface area contributed by atoms with Crippen LogP contribution in [0.3, 0.4) is 0 Å². The van der Waals surface area contributed by atoms with E-state index < -0.39 is 0 Å². The Kier molecular flexibility index (Phi) is 6.48. The molecule has 0 unspecified atom stereocenters. The Bertz CT molecular complexity index is 1550. The van der Waals surface area contributed by atoms with Crippen LogP contribution >= 0.6 is 23.2 Å². The zero-order valence-corrected chi connectivity index (χ0v) is 21.0. The van der Waals surface area contributed by atoms with Gasteiger partial charge in [-0.3, -0.25) is 9.36 Å². The maximum absolute atomic E-state index is 13.6. The van der Waals surface area contributed by atoms with Gasteiger partial charge in [-0.15, -0.1) is 0 Å². The Labute approximate surface area is 213 Å². The van der Waals surface area contributed by atoms with Crippen molar-refractivity contribution in [3.63, 3.8) is 0 Å². The number of likely N-dealkylation sites (N-methyl/N-ethyl adjacent to an activating group) is 1. The van der Waals surface area contributed by atoms with E-state index >= 15 is 0 Å². The lowest BCUT2D eigenvalue weighted by Crippen LogP contribution is -2.22. The molecule has 0 bridgehead atoms. The van der Waals surface area contributed by atoms with Crippen molar-refractivity contribution in [3.8, 4) is 28.3 Å². The summed E-state index contributed by atoms with van der Waals surface area (Å²) in [5, 5.41) is 1.56. The lowest BCUT2D eigenvalue weighted by Gasteiger charge is -2.15. The predicted octanol–water partition coefficient (Wildman–Crippen LogP) is 6.39. The van der Waals surface area contributed by atoms with Crippen molar-refractivity contribution in [1.29, 1.82) is 0 Å². The van der Waals surface area contributed by atoms with E-state index in [0.29, 0.717) is 32.5 Å². The molecule has 0 radical (unpaired) electrons. The molecule has 3 aromatic carbocycles. The van der Waals surface area contributed by atoms with Gasteiger partial charge in [0.25, 0.3) is 5.56 Å². The first-order valence-electron chi connectivity index (χ1n) is 11.3. The van der Waals surface area contributed by atoms with Gasteiger partial charge < -0.3 is 9.47 Å². The Morgan fingerprint density at radius 2 is 1.54 bits per heavy atom. The van der Waals surface area contributed by atoms with Crippen molar-refractivity contribution in [2.45, 2.75) is 6.54 Å². The number of rotatable bonds is 6. The highest BCUT2D eigenvalue weighted by atomic mass is 35.5. The van der Waals surface area contributed by atoms with E-state index in [-0.39, 0.29) is 5.56 Å². The largest absolute Gasteiger partial charge is 0.346 e. The van der Waals surface area contributed by atoms with Crippen LogP contribution in [-0.4, -0.2) is 39.7 Å². The smallest absolute Gasteiger partial charge is 0.266 e. The number of benzene rings is 3. The minimum atomic E-state index is -0.184. The van der Waals surface area contributed by atoms with E-state index in [0.717, 1.165) is 29.9 Å². The van der Waals surface area contributed by atoms with Crippen molar-refractivity contribution in [2.75, 3.05) is 20.6 Å². The molecule has 0 amide bonds. The number of nitrogens with zero attached hydrogens (tertiary/aromatic N) is 4. The fraction of sp³-hybridized carbons (Fsp3) is 0.143. The summed E-state index contributed by atoms with van der Waals surface area (Å²) in [6.45, 7) is 1.86. The molecule has 2 aromatic heterocycles. The molecule has 0 aliphatic carbocycles. The summed E-state index contributed by atoms with van der Waals surface area (Å²) in [5.74, 6) is 0.557. The zero-order chi connectivity index (χ0) is 24.5. The molecule has 176 valence electrons. The Morgan fingerprint density at radius 3 is 2.26 bits per heavy atom. The van der Waals surface area contributed by atoms with E-state index in [1.165, 1.54) is 0 Å². The molecule has 0 fully saturated rings. The molecular weight excluding hydrogens is 479 g/mol. The first-order chi connectivity index (χ1) is 16.9. The lowest BCUT2D eigenvalue weighted by molar-refractivity contribution is 0.385. The summed E-state index contributed by atoms with van der Waals surface area (Å²) in [6, 6.07) is 24.7. The lowest BCUT2D eigenvalue weighted by atomic mass is 10.1. The van der Waals surface area contributed by atoms with Crippen LogP contribution in [0.4, 0.5) is 0 Å². The number of hydrogen-bond donors (Lipinski definition) is 0. The number of fused-ring (bicyclic) bond motifs is 1. The van der Waals surface area contributed by atoms with Gasteiger partial charge in [0.05, 0.1) is 16.6 Å². The van der Waals surface area contributed by atoms with Crippen LogP contribution in [0.1, 0.15) is 0 Å². The second-order valence-electron chi connectivity index (χ2n) is 8.68. The summed E-state index contributed by atoms with van der Waals surface area (Å²) in [4.78, 5) is 20.6. The minimum Gasteiger partial charge on any atom is -0.346 e. The van der Waals surface area contributed by atoms with E-state index in [1.54, 1.807) is 34.9 Å². The summed E-state index contributed by atoms with van der Waals surface area (Å²) in [5.41, 5.74) is 4.19. The van der Waals surface area contributed by atoms with Crippen molar-refractivity contribution < 1.29 is 0 Å². The SMILES string of the molecule is CN(C)CCn1cccc1-c1ccc(-c2nc3ccc(Cl)cc3c(=O)n2-c2ccc(Cl)cc2)cc1. The van der Waals surface area contributed by atoms with Crippen molar-refractivity contribution >= 4 is 34.1 Å².